The van der Waals surface area contributed by atoms with Gasteiger partial charge in [0, 0.05) is 0 Å². The normalized spacial score (nSPS) is 16.4. The van der Waals surface area contributed by atoms with Gasteiger partial charge in [-0.1, -0.05) is 17.3 Å². The van der Waals surface area contributed by atoms with Crippen molar-refractivity contribution in [3.8, 4) is 0 Å². The van der Waals surface area contributed by atoms with Crippen molar-refractivity contribution in [2.75, 3.05) is 6.61 Å². The van der Waals surface area contributed by atoms with Crippen LogP contribution in [0.5, 0.6) is 0 Å². The Morgan fingerprint density at radius 3 is 2.83 bits per heavy atom. The van der Waals surface area contributed by atoms with Crippen molar-refractivity contribution >= 4 is 22.9 Å². The molecular weight excluding hydrogens is 378 g/mol. The number of nitrogens with one attached hydrogen (secondary N) is 2. The second-order valence-electron chi connectivity index (χ2n) is 6.23. The molecule has 1 aliphatic rings. The lowest BCUT2D eigenvalue weighted by Gasteiger charge is -2.27. The summed E-state index contributed by atoms with van der Waals surface area (Å²) in [6, 6.07) is 8.66. The zero-order valence-electron chi connectivity index (χ0n) is 15.4. The van der Waals surface area contributed by atoms with E-state index < -0.39 is 23.6 Å². The summed E-state index contributed by atoms with van der Waals surface area (Å²) in [4.78, 5) is 37.7. The summed E-state index contributed by atoms with van der Waals surface area (Å²) in [6.07, 6.45) is 1.44. The number of rotatable bonds is 5. The Hall–Kier alpha value is -3.95. The molecule has 10 nitrogen and oxygen atoms in total. The molecule has 4 rings (SSSR count). The summed E-state index contributed by atoms with van der Waals surface area (Å²) < 4.78 is 11.6. The van der Waals surface area contributed by atoms with Crippen molar-refractivity contribution in [2.45, 2.75) is 19.5 Å². The molecule has 0 aliphatic carbocycles. The third kappa shape index (κ3) is 3.47. The Balaban J connectivity index is 1.82. The number of fused-ring (bicyclic) bond motifs is 1. The van der Waals surface area contributed by atoms with Crippen molar-refractivity contribution in [3.05, 3.63) is 70.0 Å². The second kappa shape index (κ2) is 7.58. The summed E-state index contributed by atoms with van der Waals surface area (Å²) in [5.74, 6) is -0.282. The molecule has 148 valence electrons. The maximum Gasteiger partial charge on any atom is 0.338 e. The van der Waals surface area contributed by atoms with Gasteiger partial charge in [-0.2, -0.15) is 0 Å². The van der Waals surface area contributed by atoms with E-state index in [0.717, 1.165) is 4.68 Å². The van der Waals surface area contributed by atoms with Gasteiger partial charge in [-0.15, -0.1) is 5.10 Å². The van der Waals surface area contributed by atoms with Crippen molar-refractivity contribution in [1.82, 2.24) is 25.6 Å². The molecule has 2 N–H and O–H groups in total. The van der Waals surface area contributed by atoms with Crippen LogP contribution < -0.4 is 16.2 Å². The summed E-state index contributed by atoms with van der Waals surface area (Å²) in [5, 5.41) is 13.6. The number of hydrogen-bond donors (Lipinski definition) is 2. The number of allylic oxidation sites excluding steroid dienone is 1. The highest BCUT2D eigenvalue weighted by molar-refractivity contribution is 5.95. The second-order valence-corrected chi connectivity index (χ2v) is 6.23. The van der Waals surface area contributed by atoms with Gasteiger partial charge in [0.15, 0.2) is 0 Å². The van der Waals surface area contributed by atoms with Gasteiger partial charge in [0.1, 0.15) is 17.3 Å². The van der Waals surface area contributed by atoms with E-state index in [-0.39, 0.29) is 24.4 Å². The van der Waals surface area contributed by atoms with Gasteiger partial charge in [-0.05, 0) is 31.2 Å². The largest absolute Gasteiger partial charge is 0.467 e. The molecule has 3 aromatic rings. The number of urea groups is 1. The monoisotopic (exact) mass is 395 g/mol. The minimum absolute atomic E-state index is 0.128. The van der Waals surface area contributed by atoms with E-state index in [4.69, 9.17) is 9.15 Å². The topological polar surface area (TPSA) is 128 Å². The molecule has 0 fully saturated rings. The van der Waals surface area contributed by atoms with Gasteiger partial charge >= 0.3 is 12.0 Å². The fraction of sp³-hybridized carbons (Fsp3) is 0.211. The van der Waals surface area contributed by atoms with Crippen LogP contribution in [-0.2, 0) is 16.1 Å². The van der Waals surface area contributed by atoms with Gasteiger partial charge in [-0.3, -0.25) is 4.79 Å². The minimum atomic E-state index is -0.864. The Morgan fingerprint density at radius 2 is 2.07 bits per heavy atom. The van der Waals surface area contributed by atoms with Crippen LogP contribution in [0.15, 0.2) is 63.1 Å². The molecule has 0 saturated heterocycles. The number of carbonyl (C=O) groups excluding carboxylic acids is 2. The van der Waals surface area contributed by atoms with Crippen LogP contribution in [-0.4, -0.2) is 33.6 Å². The van der Waals surface area contributed by atoms with E-state index in [2.05, 4.69) is 20.9 Å². The van der Waals surface area contributed by atoms with Gasteiger partial charge in [-0.25, -0.2) is 14.3 Å². The zero-order valence-corrected chi connectivity index (χ0v) is 15.4. The van der Waals surface area contributed by atoms with Crippen LogP contribution in [0.3, 0.4) is 0 Å². The Kier molecular flexibility index (Phi) is 4.82. The molecule has 10 heteroatoms. The highest BCUT2D eigenvalue weighted by Gasteiger charge is 2.35. The lowest BCUT2D eigenvalue weighted by Crippen LogP contribution is -2.47. The molecular formula is C19H17N5O5. The molecule has 2 aromatic heterocycles. The molecule has 1 aliphatic heterocycles. The van der Waals surface area contributed by atoms with Crippen LogP contribution in [0.25, 0.3) is 10.9 Å². The molecule has 0 saturated carbocycles. The smallest absolute Gasteiger partial charge is 0.338 e. The van der Waals surface area contributed by atoms with Gasteiger partial charge < -0.3 is 19.8 Å². The van der Waals surface area contributed by atoms with E-state index in [1.165, 1.54) is 6.26 Å². The molecule has 3 heterocycles. The zero-order chi connectivity index (χ0) is 20.4. The summed E-state index contributed by atoms with van der Waals surface area (Å²) in [7, 11) is 0. The molecule has 0 bridgehead atoms. The first-order valence-electron chi connectivity index (χ1n) is 8.92. The number of hydrogen-bond acceptors (Lipinski definition) is 7. The first kappa shape index (κ1) is 18.4. The average Bonchev–Trinajstić information content (AvgIpc) is 3.25. The average molecular weight is 395 g/mol. The predicted octanol–water partition coefficient (Wildman–Crippen LogP) is 1.26. The van der Waals surface area contributed by atoms with E-state index in [1.54, 1.807) is 43.3 Å². The fourth-order valence-corrected chi connectivity index (χ4v) is 3.14. The molecule has 1 unspecified atom stereocenters. The standard InChI is InChI=1S/C19H17N5O5/c1-2-28-18(26)15-13(20-19(27)21-16(15)14-8-5-9-29-14)10-24-17(25)11-6-3-4-7-12(11)22-23-24/h3-9,16H,2,10H2,1H3,(H2,20,21,27). The number of amides is 2. The van der Waals surface area contributed by atoms with Crippen LogP contribution in [0.2, 0.25) is 0 Å². The highest BCUT2D eigenvalue weighted by atomic mass is 16.5. The number of nitrogens with zero attached hydrogens (tertiary/aromatic N) is 3. The third-order valence-electron chi connectivity index (χ3n) is 4.41. The SMILES string of the molecule is CCOC(=O)C1=C(Cn2nnc3ccccc3c2=O)NC(=O)NC1c1ccco1. The van der Waals surface area contributed by atoms with Crippen molar-refractivity contribution in [1.29, 1.82) is 0 Å². The lowest BCUT2D eigenvalue weighted by atomic mass is 10.00. The maximum atomic E-state index is 12.8. The molecule has 1 atom stereocenters. The van der Waals surface area contributed by atoms with Gasteiger partial charge in [0.25, 0.3) is 5.56 Å². The molecule has 29 heavy (non-hydrogen) atoms. The molecule has 1 aromatic carbocycles. The number of aromatic nitrogens is 3. The van der Waals surface area contributed by atoms with E-state index in [9.17, 15) is 14.4 Å². The Bertz CT molecular complexity index is 1170. The molecule has 2 amide bonds. The first-order valence-corrected chi connectivity index (χ1v) is 8.92. The Morgan fingerprint density at radius 1 is 1.24 bits per heavy atom. The summed E-state index contributed by atoms with van der Waals surface area (Å²) in [6.45, 7) is 1.65. The fourth-order valence-electron chi connectivity index (χ4n) is 3.14. The predicted molar refractivity (Wildman–Crippen MR) is 101 cm³/mol. The van der Waals surface area contributed by atoms with Crippen molar-refractivity contribution in [3.63, 3.8) is 0 Å². The first-order chi connectivity index (χ1) is 14.1. The molecule has 0 radical (unpaired) electrons. The van der Waals surface area contributed by atoms with Gasteiger partial charge in [0.2, 0.25) is 0 Å². The third-order valence-corrected chi connectivity index (χ3v) is 4.41. The highest BCUT2D eigenvalue weighted by Crippen LogP contribution is 2.28. The quantitative estimate of drug-likeness (QED) is 0.622. The summed E-state index contributed by atoms with van der Waals surface area (Å²) >= 11 is 0. The van der Waals surface area contributed by atoms with Crippen LogP contribution in [0.1, 0.15) is 18.7 Å². The number of ether oxygens (including phenoxy) is 1. The van der Waals surface area contributed by atoms with Gasteiger partial charge in [0.05, 0.1) is 36.1 Å². The van der Waals surface area contributed by atoms with Crippen molar-refractivity contribution < 1.29 is 18.7 Å². The van der Waals surface area contributed by atoms with Crippen LogP contribution in [0, 0.1) is 0 Å². The number of carbonyl (C=O) groups is 2. The minimum Gasteiger partial charge on any atom is -0.467 e. The van der Waals surface area contributed by atoms with E-state index in [1.807, 2.05) is 0 Å². The van der Waals surface area contributed by atoms with Crippen molar-refractivity contribution in [2.24, 2.45) is 0 Å². The number of benzene rings is 1. The summed E-state index contributed by atoms with van der Waals surface area (Å²) in [5.41, 5.74) is 0.369. The number of furan rings is 1. The lowest BCUT2D eigenvalue weighted by molar-refractivity contribution is -0.139. The Labute approximate surface area is 164 Å². The van der Waals surface area contributed by atoms with E-state index >= 15 is 0 Å². The van der Waals surface area contributed by atoms with E-state index in [0.29, 0.717) is 16.7 Å². The maximum absolute atomic E-state index is 12.8. The van der Waals surface area contributed by atoms with Crippen LogP contribution in [0.4, 0.5) is 4.79 Å². The van der Waals surface area contributed by atoms with Crippen LogP contribution >= 0.6 is 0 Å². The molecule has 0 spiro atoms. The number of esters is 1.